The van der Waals surface area contributed by atoms with E-state index in [-0.39, 0.29) is 24.6 Å². The molecule has 1 aromatic carbocycles. The fourth-order valence-electron chi connectivity index (χ4n) is 2.48. The van der Waals surface area contributed by atoms with Crippen LogP contribution in [0, 0.1) is 5.82 Å². The average Bonchev–Trinajstić information content (AvgIpc) is 3.06. The number of halogens is 1. The van der Waals surface area contributed by atoms with Crippen LogP contribution in [0.15, 0.2) is 42.7 Å². The normalized spacial score (nSPS) is 17.0. The summed E-state index contributed by atoms with van der Waals surface area (Å²) in [7, 11) is 0. The van der Waals surface area contributed by atoms with Crippen molar-refractivity contribution < 1.29 is 18.7 Å². The summed E-state index contributed by atoms with van der Waals surface area (Å²) >= 11 is 0. The molecule has 126 valence electrons. The predicted molar refractivity (Wildman–Crippen MR) is 83.7 cm³/mol. The highest BCUT2D eigenvalue weighted by Gasteiger charge is 2.28. The first kappa shape index (κ1) is 16.3. The van der Waals surface area contributed by atoms with Gasteiger partial charge in [0, 0.05) is 13.0 Å². The Hall–Kier alpha value is -2.54. The van der Waals surface area contributed by atoms with Crippen LogP contribution in [-0.2, 0) is 16.1 Å². The van der Waals surface area contributed by atoms with Crippen LogP contribution in [0.1, 0.15) is 12.0 Å². The van der Waals surface area contributed by atoms with E-state index < -0.39 is 5.82 Å². The van der Waals surface area contributed by atoms with Crippen molar-refractivity contribution in [3.05, 3.63) is 54.1 Å². The summed E-state index contributed by atoms with van der Waals surface area (Å²) in [6.45, 7) is 1.49. The van der Waals surface area contributed by atoms with Gasteiger partial charge in [-0.15, -0.1) is 0 Å². The second kappa shape index (κ2) is 7.83. The molecule has 0 bridgehead atoms. The number of carbonyl (C=O) groups is 1. The molecule has 2 heterocycles. The molecular formula is C17H18FN3O3. The lowest BCUT2D eigenvalue weighted by atomic mass is 10.2. The second-order valence-electron chi connectivity index (χ2n) is 5.53. The maximum Gasteiger partial charge on any atom is 0.316 e. The number of ether oxygens (including phenoxy) is 2. The van der Waals surface area contributed by atoms with Gasteiger partial charge < -0.3 is 14.4 Å². The summed E-state index contributed by atoms with van der Waals surface area (Å²) in [6, 6.07) is 9.82. The molecule has 1 aliphatic rings. The smallest absolute Gasteiger partial charge is 0.316 e. The molecule has 0 spiro atoms. The number of benzene rings is 1. The van der Waals surface area contributed by atoms with E-state index in [9.17, 15) is 9.18 Å². The first-order chi connectivity index (χ1) is 11.7. The average molecular weight is 331 g/mol. The number of hydrogen-bond donors (Lipinski definition) is 0. The summed E-state index contributed by atoms with van der Waals surface area (Å²) in [4.78, 5) is 21.4. The molecule has 3 rings (SSSR count). The third-order valence-electron chi connectivity index (χ3n) is 3.70. The van der Waals surface area contributed by atoms with Gasteiger partial charge in [-0.25, -0.2) is 14.4 Å². The lowest BCUT2D eigenvalue weighted by Crippen LogP contribution is -2.33. The highest BCUT2D eigenvalue weighted by Crippen LogP contribution is 2.15. The van der Waals surface area contributed by atoms with Crippen molar-refractivity contribution in [3.8, 4) is 6.01 Å². The molecule has 0 unspecified atom stereocenters. The standard InChI is InChI=1S/C17H18FN3O3/c18-14-8-19-17(20-9-14)24-15-6-7-21(10-15)16(22)12-23-11-13-4-2-1-3-5-13/h1-5,8-9,15H,6-7,10-12H2/t15-/m1/s1. The largest absolute Gasteiger partial charge is 0.458 e. The molecule has 6 nitrogen and oxygen atoms in total. The van der Waals surface area contributed by atoms with Gasteiger partial charge in [-0.1, -0.05) is 30.3 Å². The molecule has 2 aromatic rings. The van der Waals surface area contributed by atoms with Crippen LogP contribution in [0.3, 0.4) is 0 Å². The third kappa shape index (κ3) is 4.48. The zero-order valence-corrected chi connectivity index (χ0v) is 13.1. The van der Waals surface area contributed by atoms with E-state index in [2.05, 4.69) is 9.97 Å². The topological polar surface area (TPSA) is 64.5 Å². The lowest BCUT2D eigenvalue weighted by Gasteiger charge is -2.16. The Bertz CT molecular complexity index is 667. The van der Waals surface area contributed by atoms with Crippen molar-refractivity contribution in [1.82, 2.24) is 14.9 Å². The van der Waals surface area contributed by atoms with Gasteiger partial charge in [0.15, 0.2) is 5.82 Å². The molecule has 0 saturated carbocycles. The monoisotopic (exact) mass is 331 g/mol. The van der Waals surface area contributed by atoms with Crippen molar-refractivity contribution in [2.24, 2.45) is 0 Å². The number of nitrogens with zero attached hydrogens (tertiary/aromatic N) is 3. The van der Waals surface area contributed by atoms with Crippen LogP contribution in [0.25, 0.3) is 0 Å². The van der Waals surface area contributed by atoms with Crippen LogP contribution in [0.4, 0.5) is 4.39 Å². The van der Waals surface area contributed by atoms with Gasteiger partial charge in [0.05, 0.1) is 25.5 Å². The van der Waals surface area contributed by atoms with Crippen LogP contribution < -0.4 is 4.74 Å². The zero-order chi connectivity index (χ0) is 16.8. The maximum atomic E-state index is 12.8. The number of aromatic nitrogens is 2. The van der Waals surface area contributed by atoms with E-state index >= 15 is 0 Å². The van der Waals surface area contributed by atoms with Crippen LogP contribution in [0.2, 0.25) is 0 Å². The number of carbonyl (C=O) groups excluding carboxylic acids is 1. The number of likely N-dealkylation sites (tertiary alicyclic amines) is 1. The highest BCUT2D eigenvalue weighted by molar-refractivity contribution is 5.77. The van der Waals surface area contributed by atoms with E-state index in [1.807, 2.05) is 30.3 Å². The van der Waals surface area contributed by atoms with Gasteiger partial charge in [0.1, 0.15) is 12.7 Å². The molecule has 1 fully saturated rings. The van der Waals surface area contributed by atoms with Crippen molar-refractivity contribution >= 4 is 5.91 Å². The summed E-state index contributed by atoms with van der Waals surface area (Å²) in [5.41, 5.74) is 1.03. The minimum absolute atomic E-state index is 0.0364. The first-order valence-electron chi connectivity index (χ1n) is 7.74. The molecule has 1 saturated heterocycles. The predicted octanol–water partition coefficient (Wildman–Crippen LogP) is 1.81. The van der Waals surface area contributed by atoms with E-state index in [1.165, 1.54) is 0 Å². The van der Waals surface area contributed by atoms with Gasteiger partial charge in [-0.05, 0) is 5.56 Å². The fourth-order valence-corrected chi connectivity index (χ4v) is 2.48. The molecule has 0 radical (unpaired) electrons. The Kier molecular flexibility index (Phi) is 5.32. The molecule has 0 aliphatic carbocycles. The van der Waals surface area contributed by atoms with Crippen LogP contribution >= 0.6 is 0 Å². The Morgan fingerprint density at radius 3 is 2.75 bits per heavy atom. The Morgan fingerprint density at radius 1 is 1.25 bits per heavy atom. The molecular weight excluding hydrogens is 313 g/mol. The quantitative estimate of drug-likeness (QED) is 0.808. The molecule has 7 heteroatoms. The van der Waals surface area contributed by atoms with Gasteiger partial charge >= 0.3 is 6.01 Å². The second-order valence-corrected chi connectivity index (χ2v) is 5.53. The summed E-state index contributed by atoms with van der Waals surface area (Å²) in [6.07, 6.45) is 2.61. The number of rotatable bonds is 6. The van der Waals surface area contributed by atoms with E-state index in [4.69, 9.17) is 9.47 Å². The number of hydrogen-bond acceptors (Lipinski definition) is 5. The van der Waals surface area contributed by atoms with Gasteiger partial charge in [0.25, 0.3) is 0 Å². The maximum absolute atomic E-state index is 12.8. The van der Waals surface area contributed by atoms with Gasteiger partial charge in [0.2, 0.25) is 5.91 Å². The molecule has 1 aromatic heterocycles. The van der Waals surface area contributed by atoms with Crippen molar-refractivity contribution in [1.29, 1.82) is 0 Å². The van der Waals surface area contributed by atoms with Crippen LogP contribution in [-0.4, -0.2) is 46.6 Å². The zero-order valence-electron chi connectivity index (χ0n) is 13.1. The molecule has 1 aliphatic heterocycles. The lowest BCUT2D eigenvalue weighted by molar-refractivity contribution is -0.135. The van der Waals surface area contributed by atoms with Crippen LogP contribution in [0.5, 0.6) is 6.01 Å². The molecule has 1 amide bonds. The van der Waals surface area contributed by atoms with Gasteiger partial charge in [-0.3, -0.25) is 4.79 Å². The highest BCUT2D eigenvalue weighted by atomic mass is 19.1. The summed E-state index contributed by atoms with van der Waals surface area (Å²) in [5.74, 6) is -0.585. The Labute approximate surface area is 139 Å². The summed E-state index contributed by atoms with van der Waals surface area (Å²) in [5, 5.41) is 0. The van der Waals surface area contributed by atoms with E-state index in [0.717, 1.165) is 18.0 Å². The minimum Gasteiger partial charge on any atom is -0.458 e. The fraction of sp³-hybridized carbons (Fsp3) is 0.353. The molecule has 1 atom stereocenters. The Morgan fingerprint density at radius 2 is 2.00 bits per heavy atom. The SMILES string of the molecule is O=C(COCc1ccccc1)N1CC[C@@H](Oc2ncc(F)cn2)C1. The third-order valence-corrected chi connectivity index (χ3v) is 3.70. The summed E-state index contributed by atoms with van der Waals surface area (Å²) < 4.78 is 23.8. The van der Waals surface area contributed by atoms with Crippen molar-refractivity contribution in [3.63, 3.8) is 0 Å². The first-order valence-corrected chi connectivity index (χ1v) is 7.74. The van der Waals surface area contributed by atoms with Crippen molar-refractivity contribution in [2.75, 3.05) is 19.7 Å². The van der Waals surface area contributed by atoms with Crippen molar-refractivity contribution in [2.45, 2.75) is 19.1 Å². The molecule has 24 heavy (non-hydrogen) atoms. The number of amides is 1. The Balaban J connectivity index is 1.41. The molecule has 0 N–H and O–H groups in total. The van der Waals surface area contributed by atoms with Gasteiger partial charge in [-0.2, -0.15) is 0 Å². The van der Waals surface area contributed by atoms with E-state index in [1.54, 1.807) is 4.90 Å². The minimum atomic E-state index is -0.513. The van der Waals surface area contributed by atoms with E-state index in [0.29, 0.717) is 26.1 Å².